The first-order chi connectivity index (χ1) is 8.58. The van der Waals surface area contributed by atoms with Crippen LogP contribution in [-0.4, -0.2) is 0 Å². The largest absolute Gasteiger partial charge is 0.206 e. The lowest BCUT2D eigenvalue weighted by molar-refractivity contribution is 0.620. The smallest absolute Gasteiger partial charge is 0.137 e. The Morgan fingerprint density at radius 2 is 1.89 bits per heavy atom. The maximum absolute atomic E-state index is 13.2. The Bertz CT molecular complexity index is 552. The summed E-state index contributed by atoms with van der Waals surface area (Å²) in [5.41, 5.74) is 3.66. The molecular formula is C15H13Br2F. The lowest BCUT2D eigenvalue weighted by Gasteiger charge is -2.13. The molecule has 2 rings (SSSR count). The summed E-state index contributed by atoms with van der Waals surface area (Å²) in [6.45, 7) is 2.11. The van der Waals surface area contributed by atoms with E-state index in [0.717, 1.165) is 12.0 Å². The summed E-state index contributed by atoms with van der Waals surface area (Å²) in [6.07, 6.45) is 0.894. The fraction of sp³-hybridized carbons (Fsp3) is 0.200. The fourth-order valence-electron chi connectivity index (χ4n) is 1.86. The highest BCUT2D eigenvalue weighted by Crippen LogP contribution is 2.30. The molecule has 0 spiro atoms. The molecule has 0 heterocycles. The molecule has 0 aliphatic carbocycles. The number of hydrogen-bond acceptors (Lipinski definition) is 0. The summed E-state index contributed by atoms with van der Waals surface area (Å²) < 4.78 is 13.7. The van der Waals surface area contributed by atoms with Crippen molar-refractivity contribution in [3.8, 4) is 0 Å². The maximum Gasteiger partial charge on any atom is 0.137 e. The minimum Gasteiger partial charge on any atom is -0.206 e. The average Bonchev–Trinajstić information content (AvgIpc) is 2.35. The molecule has 0 fully saturated rings. The topological polar surface area (TPSA) is 0 Å². The van der Waals surface area contributed by atoms with E-state index in [-0.39, 0.29) is 10.6 Å². The van der Waals surface area contributed by atoms with Crippen molar-refractivity contribution in [2.24, 2.45) is 0 Å². The maximum atomic E-state index is 13.2. The molecule has 0 radical (unpaired) electrons. The lowest BCUT2D eigenvalue weighted by atomic mass is 10.0. The Morgan fingerprint density at radius 3 is 2.56 bits per heavy atom. The van der Waals surface area contributed by atoms with Gasteiger partial charge in [0.15, 0.2) is 0 Å². The van der Waals surface area contributed by atoms with Crippen LogP contribution < -0.4 is 0 Å². The van der Waals surface area contributed by atoms with Gasteiger partial charge in [-0.25, -0.2) is 4.39 Å². The van der Waals surface area contributed by atoms with Crippen LogP contribution in [0.3, 0.4) is 0 Å². The van der Waals surface area contributed by atoms with Gasteiger partial charge in [0.2, 0.25) is 0 Å². The first-order valence-electron chi connectivity index (χ1n) is 5.71. The standard InChI is InChI=1S/C15H13Br2F/c1-10-4-2-3-5-11(10)8-13(16)12-6-7-15(18)14(17)9-12/h2-7,9,13H,8H2,1H3. The molecule has 0 saturated heterocycles. The predicted octanol–water partition coefficient (Wildman–Crippen LogP) is 5.58. The van der Waals surface area contributed by atoms with Gasteiger partial charge in [-0.1, -0.05) is 46.3 Å². The fourth-order valence-corrected chi connectivity index (χ4v) is 2.89. The van der Waals surface area contributed by atoms with E-state index in [0.29, 0.717) is 4.47 Å². The summed E-state index contributed by atoms with van der Waals surface area (Å²) in [5, 5.41) is 0. The van der Waals surface area contributed by atoms with Crippen LogP contribution in [0.4, 0.5) is 4.39 Å². The SMILES string of the molecule is Cc1ccccc1CC(Br)c1ccc(F)c(Br)c1. The predicted molar refractivity (Wildman–Crippen MR) is 80.7 cm³/mol. The first kappa shape index (κ1) is 13.8. The summed E-state index contributed by atoms with van der Waals surface area (Å²) in [5.74, 6) is -0.227. The third-order valence-corrected chi connectivity index (χ3v) is 4.43. The lowest BCUT2D eigenvalue weighted by Crippen LogP contribution is -1.98. The quantitative estimate of drug-likeness (QED) is 0.618. The molecule has 0 amide bonds. The molecule has 0 aromatic heterocycles. The summed E-state index contributed by atoms with van der Waals surface area (Å²) in [7, 11) is 0. The molecule has 0 aliphatic heterocycles. The molecule has 94 valence electrons. The first-order valence-corrected chi connectivity index (χ1v) is 7.42. The van der Waals surface area contributed by atoms with Gasteiger partial charge in [0.05, 0.1) is 4.47 Å². The van der Waals surface area contributed by atoms with Crippen molar-refractivity contribution in [3.05, 3.63) is 69.4 Å². The second-order valence-corrected chi connectivity index (χ2v) is 6.23. The van der Waals surface area contributed by atoms with Crippen molar-refractivity contribution in [2.45, 2.75) is 18.2 Å². The van der Waals surface area contributed by atoms with E-state index in [1.54, 1.807) is 0 Å². The van der Waals surface area contributed by atoms with Crippen molar-refractivity contribution in [2.75, 3.05) is 0 Å². The molecule has 1 atom stereocenters. The zero-order valence-electron chi connectivity index (χ0n) is 9.96. The van der Waals surface area contributed by atoms with Crippen molar-refractivity contribution in [1.82, 2.24) is 0 Å². The van der Waals surface area contributed by atoms with Gasteiger partial charge in [-0.15, -0.1) is 0 Å². The van der Waals surface area contributed by atoms with Crippen molar-refractivity contribution >= 4 is 31.9 Å². The summed E-state index contributed by atoms with van der Waals surface area (Å²) in [6, 6.07) is 13.5. The van der Waals surface area contributed by atoms with Gasteiger partial charge in [0.25, 0.3) is 0 Å². The highest BCUT2D eigenvalue weighted by atomic mass is 79.9. The Morgan fingerprint density at radius 1 is 1.17 bits per heavy atom. The summed E-state index contributed by atoms with van der Waals surface area (Å²) >= 11 is 6.89. The van der Waals surface area contributed by atoms with Crippen LogP contribution in [0.15, 0.2) is 46.9 Å². The number of hydrogen-bond donors (Lipinski definition) is 0. The van der Waals surface area contributed by atoms with Crippen LogP contribution in [0.25, 0.3) is 0 Å². The van der Waals surface area contributed by atoms with Crippen molar-refractivity contribution in [1.29, 1.82) is 0 Å². The number of rotatable bonds is 3. The molecule has 0 saturated carbocycles. The molecule has 0 aliphatic rings. The second-order valence-electron chi connectivity index (χ2n) is 4.27. The number of halogens is 3. The third-order valence-electron chi connectivity index (χ3n) is 2.97. The van der Waals surface area contributed by atoms with Crippen LogP contribution in [0, 0.1) is 12.7 Å². The van der Waals surface area contributed by atoms with Gasteiger partial charge in [-0.05, 0) is 58.1 Å². The second kappa shape index (κ2) is 5.98. The van der Waals surface area contributed by atoms with Crippen LogP contribution >= 0.6 is 31.9 Å². The van der Waals surface area contributed by atoms with Crippen LogP contribution in [0.1, 0.15) is 21.5 Å². The van der Waals surface area contributed by atoms with Gasteiger partial charge in [-0.3, -0.25) is 0 Å². The highest BCUT2D eigenvalue weighted by molar-refractivity contribution is 9.10. The van der Waals surface area contributed by atoms with E-state index in [2.05, 4.69) is 50.9 Å². The Balaban J connectivity index is 2.19. The van der Waals surface area contributed by atoms with Crippen molar-refractivity contribution in [3.63, 3.8) is 0 Å². The highest BCUT2D eigenvalue weighted by Gasteiger charge is 2.11. The van der Waals surface area contributed by atoms with E-state index in [1.165, 1.54) is 17.2 Å². The molecule has 18 heavy (non-hydrogen) atoms. The third kappa shape index (κ3) is 3.21. The molecule has 2 aromatic carbocycles. The van der Waals surface area contributed by atoms with Gasteiger partial charge in [0.1, 0.15) is 5.82 Å². The molecule has 2 aromatic rings. The van der Waals surface area contributed by atoms with E-state index >= 15 is 0 Å². The number of alkyl halides is 1. The molecule has 1 unspecified atom stereocenters. The minimum atomic E-state index is -0.227. The summed E-state index contributed by atoms with van der Waals surface area (Å²) in [4.78, 5) is 0.190. The monoisotopic (exact) mass is 370 g/mol. The van der Waals surface area contributed by atoms with E-state index < -0.39 is 0 Å². The Labute approximate surface area is 123 Å². The molecule has 0 nitrogen and oxygen atoms in total. The van der Waals surface area contributed by atoms with Crippen LogP contribution in [0.5, 0.6) is 0 Å². The van der Waals surface area contributed by atoms with E-state index in [9.17, 15) is 4.39 Å². The number of aryl methyl sites for hydroxylation is 1. The Kier molecular flexibility index (Phi) is 4.57. The normalized spacial score (nSPS) is 12.4. The molecule has 0 N–H and O–H groups in total. The van der Waals surface area contributed by atoms with Gasteiger partial charge in [0, 0.05) is 4.83 Å². The molecule has 3 heteroatoms. The minimum absolute atomic E-state index is 0.190. The van der Waals surface area contributed by atoms with Crippen molar-refractivity contribution < 1.29 is 4.39 Å². The number of benzene rings is 2. The molecular weight excluding hydrogens is 359 g/mol. The molecule has 0 bridgehead atoms. The zero-order chi connectivity index (χ0) is 13.1. The van der Waals surface area contributed by atoms with Gasteiger partial charge < -0.3 is 0 Å². The Hall–Kier alpha value is -0.670. The average molecular weight is 372 g/mol. The van der Waals surface area contributed by atoms with Crippen LogP contribution in [-0.2, 0) is 6.42 Å². The van der Waals surface area contributed by atoms with E-state index in [4.69, 9.17) is 0 Å². The van der Waals surface area contributed by atoms with Crippen LogP contribution in [0.2, 0.25) is 0 Å². The zero-order valence-corrected chi connectivity index (χ0v) is 13.1. The van der Waals surface area contributed by atoms with Gasteiger partial charge >= 0.3 is 0 Å². The van der Waals surface area contributed by atoms with Gasteiger partial charge in [-0.2, -0.15) is 0 Å². The van der Waals surface area contributed by atoms with E-state index in [1.807, 2.05) is 24.3 Å².